The number of nitrogens with one attached hydrogen (secondary N) is 1. The highest BCUT2D eigenvalue weighted by molar-refractivity contribution is 5.93. The molecule has 0 aliphatic carbocycles. The van der Waals surface area contributed by atoms with E-state index >= 15 is 0 Å². The Morgan fingerprint density at radius 2 is 2.11 bits per heavy atom. The van der Waals surface area contributed by atoms with E-state index in [1.807, 2.05) is 25.9 Å². The minimum Gasteiger partial charge on any atom is -0.367 e. The van der Waals surface area contributed by atoms with E-state index in [9.17, 15) is 18.0 Å². The van der Waals surface area contributed by atoms with Gasteiger partial charge < -0.3 is 15.1 Å². The van der Waals surface area contributed by atoms with Gasteiger partial charge in [0.1, 0.15) is 5.82 Å². The van der Waals surface area contributed by atoms with E-state index in [2.05, 4.69) is 10.4 Å². The number of piperidine rings is 1. The number of halogens is 3. The molecule has 0 radical (unpaired) electrons. The van der Waals surface area contributed by atoms with Gasteiger partial charge in [0.25, 0.3) is 5.91 Å². The Morgan fingerprint density at radius 3 is 2.74 bits per heavy atom. The number of hydrogen-bond acceptors (Lipinski definition) is 4. The lowest BCUT2D eigenvalue weighted by Crippen LogP contribution is -2.48. The summed E-state index contributed by atoms with van der Waals surface area (Å²) in [4.78, 5) is 16.8. The first-order valence-electron chi connectivity index (χ1n) is 9.59. The zero-order valence-corrected chi connectivity index (χ0v) is 16.1. The van der Waals surface area contributed by atoms with Gasteiger partial charge in [0, 0.05) is 31.2 Å². The van der Waals surface area contributed by atoms with Crippen molar-refractivity contribution in [3.8, 4) is 0 Å². The van der Waals surface area contributed by atoms with Gasteiger partial charge in [0.15, 0.2) is 11.7 Å². The van der Waals surface area contributed by atoms with Gasteiger partial charge in [0.05, 0.1) is 0 Å². The van der Waals surface area contributed by atoms with Crippen molar-refractivity contribution in [2.75, 3.05) is 32.5 Å². The molecule has 1 aromatic rings. The predicted octanol–water partition coefficient (Wildman–Crippen LogP) is 3.14. The zero-order valence-electron chi connectivity index (χ0n) is 16.1. The maximum atomic E-state index is 13.5. The maximum Gasteiger partial charge on any atom is 0.410 e. The molecule has 0 aromatic carbocycles. The maximum absolute atomic E-state index is 13.5. The smallest absolute Gasteiger partial charge is 0.367 e. The van der Waals surface area contributed by atoms with Crippen LogP contribution in [0.2, 0.25) is 0 Å². The Kier molecular flexibility index (Phi) is 5.69. The minimum absolute atomic E-state index is 0.0646. The number of likely N-dealkylation sites (tertiary alicyclic amines) is 1. The molecule has 9 heteroatoms. The molecule has 2 aliphatic heterocycles. The van der Waals surface area contributed by atoms with E-state index in [1.54, 1.807) is 4.90 Å². The highest BCUT2D eigenvalue weighted by Crippen LogP contribution is 2.40. The van der Waals surface area contributed by atoms with Gasteiger partial charge >= 0.3 is 6.18 Å². The van der Waals surface area contributed by atoms with Crippen molar-refractivity contribution in [3.63, 3.8) is 0 Å². The molecular weight excluding hydrogens is 359 g/mol. The lowest BCUT2D eigenvalue weighted by molar-refractivity contribution is -0.173. The molecule has 3 rings (SSSR count). The monoisotopic (exact) mass is 387 g/mol. The van der Waals surface area contributed by atoms with Crippen LogP contribution in [0.5, 0.6) is 0 Å². The summed E-state index contributed by atoms with van der Waals surface area (Å²) in [5.74, 6) is -0.000771. The van der Waals surface area contributed by atoms with E-state index < -0.39 is 12.2 Å². The van der Waals surface area contributed by atoms with Crippen LogP contribution in [0, 0.1) is 0 Å². The van der Waals surface area contributed by atoms with E-state index in [-0.39, 0.29) is 35.9 Å². The molecule has 0 bridgehead atoms. The van der Waals surface area contributed by atoms with Crippen molar-refractivity contribution in [1.29, 1.82) is 0 Å². The van der Waals surface area contributed by atoms with Crippen LogP contribution < -0.4 is 5.32 Å². The lowest BCUT2D eigenvalue weighted by Gasteiger charge is -2.36. The Hall–Kier alpha value is -1.77. The number of hydrogen-bond donors (Lipinski definition) is 1. The molecule has 1 amide bonds. The van der Waals surface area contributed by atoms with Gasteiger partial charge in [-0.15, -0.1) is 0 Å². The molecule has 6 nitrogen and oxygen atoms in total. The Labute approximate surface area is 157 Å². The van der Waals surface area contributed by atoms with Crippen molar-refractivity contribution in [1.82, 2.24) is 19.6 Å². The Morgan fingerprint density at radius 1 is 1.37 bits per heavy atom. The summed E-state index contributed by atoms with van der Waals surface area (Å²) in [6.07, 6.45) is -1.02. The van der Waals surface area contributed by atoms with Crippen LogP contribution in [0.4, 0.5) is 19.0 Å². The first kappa shape index (κ1) is 20.0. The van der Waals surface area contributed by atoms with Gasteiger partial charge in [-0.3, -0.25) is 4.79 Å². The molecule has 152 valence electrons. The Bertz CT molecular complexity index is 672. The fourth-order valence-electron chi connectivity index (χ4n) is 4.05. The molecular formula is C18H28F3N5O. The molecule has 0 saturated carbocycles. The van der Waals surface area contributed by atoms with Gasteiger partial charge in [-0.25, -0.2) is 4.68 Å². The first-order valence-corrected chi connectivity index (χ1v) is 9.59. The van der Waals surface area contributed by atoms with E-state index in [0.717, 1.165) is 30.5 Å². The number of carbonyl (C=O) groups excluding carboxylic acids is 1. The van der Waals surface area contributed by atoms with Gasteiger partial charge in [-0.1, -0.05) is 6.92 Å². The van der Waals surface area contributed by atoms with Gasteiger partial charge in [-0.2, -0.15) is 18.3 Å². The highest BCUT2D eigenvalue weighted by atomic mass is 19.4. The minimum atomic E-state index is -4.39. The molecule has 2 aliphatic rings. The second kappa shape index (κ2) is 7.69. The summed E-state index contributed by atoms with van der Waals surface area (Å²) in [5, 5.41) is 7.18. The number of alkyl halides is 3. The summed E-state index contributed by atoms with van der Waals surface area (Å²) < 4.78 is 41.5. The number of likely N-dealkylation sites (N-methyl/N-ethyl adjacent to an activating group) is 1. The van der Waals surface area contributed by atoms with Crippen molar-refractivity contribution >= 4 is 11.7 Å². The largest absolute Gasteiger partial charge is 0.410 e. The van der Waals surface area contributed by atoms with Crippen LogP contribution >= 0.6 is 0 Å². The van der Waals surface area contributed by atoms with Crippen molar-refractivity contribution in [2.45, 2.75) is 63.3 Å². The fourth-order valence-corrected chi connectivity index (χ4v) is 4.05. The second-order valence-electron chi connectivity index (χ2n) is 7.81. The average molecular weight is 387 g/mol. The summed E-state index contributed by atoms with van der Waals surface area (Å²) in [5.41, 5.74) is 0.0918. The molecule has 3 heterocycles. The SMILES string of the molecule is CC[C@@H]1C[C@H](C(F)(F)F)n2nc(C(=O)N3CCCC[C@H]3CN(C)C)cc2N1. The molecule has 27 heavy (non-hydrogen) atoms. The number of amides is 1. The van der Waals surface area contributed by atoms with Crippen LogP contribution in [0.3, 0.4) is 0 Å². The Balaban J connectivity index is 1.87. The van der Waals surface area contributed by atoms with Crippen LogP contribution in [-0.4, -0.2) is 70.9 Å². The third-order valence-corrected chi connectivity index (χ3v) is 5.44. The summed E-state index contributed by atoms with van der Waals surface area (Å²) in [6, 6.07) is -0.432. The number of carbonyl (C=O) groups is 1. The molecule has 0 spiro atoms. The molecule has 0 unspecified atom stereocenters. The van der Waals surface area contributed by atoms with Crippen LogP contribution in [-0.2, 0) is 0 Å². The van der Waals surface area contributed by atoms with Crippen LogP contribution in [0.1, 0.15) is 55.6 Å². The normalized spacial score (nSPS) is 26.0. The van der Waals surface area contributed by atoms with Crippen molar-refractivity contribution in [2.24, 2.45) is 0 Å². The molecule has 1 fully saturated rings. The number of rotatable bonds is 4. The van der Waals surface area contributed by atoms with Crippen LogP contribution in [0.15, 0.2) is 6.07 Å². The summed E-state index contributed by atoms with van der Waals surface area (Å²) >= 11 is 0. The molecule has 1 saturated heterocycles. The molecule has 1 N–H and O–H groups in total. The van der Waals surface area contributed by atoms with Crippen molar-refractivity contribution < 1.29 is 18.0 Å². The van der Waals surface area contributed by atoms with Crippen molar-refractivity contribution in [3.05, 3.63) is 11.8 Å². The number of aromatic nitrogens is 2. The van der Waals surface area contributed by atoms with E-state index in [4.69, 9.17) is 0 Å². The first-order chi connectivity index (χ1) is 12.7. The third kappa shape index (κ3) is 4.23. The quantitative estimate of drug-likeness (QED) is 0.863. The lowest BCUT2D eigenvalue weighted by atomic mass is 10.0. The third-order valence-electron chi connectivity index (χ3n) is 5.44. The number of nitrogens with zero attached hydrogens (tertiary/aromatic N) is 4. The predicted molar refractivity (Wildman–Crippen MR) is 96.9 cm³/mol. The van der Waals surface area contributed by atoms with E-state index in [1.165, 1.54) is 6.07 Å². The van der Waals surface area contributed by atoms with Gasteiger partial charge in [-0.05, 0) is 46.2 Å². The molecule has 1 aromatic heterocycles. The number of fused-ring (bicyclic) bond motifs is 1. The molecule has 3 atom stereocenters. The van der Waals surface area contributed by atoms with E-state index in [0.29, 0.717) is 13.0 Å². The summed E-state index contributed by atoms with van der Waals surface area (Å²) in [7, 11) is 3.91. The summed E-state index contributed by atoms with van der Waals surface area (Å²) in [6.45, 7) is 3.21. The zero-order chi connectivity index (χ0) is 19.8. The van der Waals surface area contributed by atoms with Crippen LogP contribution in [0.25, 0.3) is 0 Å². The fraction of sp³-hybridized carbons (Fsp3) is 0.778. The topological polar surface area (TPSA) is 53.4 Å². The van der Waals surface area contributed by atoms with Gasteiger partial charge in [0.2, 0.25) is 0 Å². The number of anilines is 1. The average Bonchev–Trinajstić information content (AvgIpc) is 3.03. The second-order valence-corrected chi connectivity index (χ2v) is 7.81. The highest BCUT2D eigenvalue weighted by Gasteiger charge is 2.46. The standard InChI is InChI=1S/C18H28F3N5O/c1-4-12-9-15(18(19,20)21)26-16(22-12)10-14(23-26)17(27)25-8-6-5-7-13(25)11-24(2)3/h10,12-13,15,22H,4-9,11H2,1-3H3/t12-,13+,15-/m1/s1.